The van der Waals surface area contributed by atoms with E-state index in [1.165, 1.54) is 18.2 Å². The first kappa shape index (κ1) is 14.8. The fourth-order valence-electron chi connectivity index (χ4n) is 2.03. The summed E-state index contributed by atoms with van der Waals surface area (Å²) < 4.78 is 28.7. The van der Waals surface area contributed by atoms with Crippen LogP contribution >= 0.6 is 15.9 Å². The molecule has 6 heteroatoms. The zero-order valence-electron chi connectivity index (χ0n) is 10.7. The zero-order valence-corrected chi connectivity index (χ0v) is 16.8. The van der Waals surface area contributed by atoms with Crippen LogP contribution in [0.2, 0.25) is 0 Å². The van der Waals surface area contributed by atoms with E-state index in [0.717, 1.165) is 22.2 Å². The Morgan fingerprint density at radius 1 is 1.10 bits per heavy atom. The number of aromatic nitrogens is 2. The van der Waals surface area contributed by atoms with Gasteiger partial charge in [-0.15, -0.1) is 0 Å². The summed E-state index contributed by atoms with van der Waals surface area (Å²) in [7, 11) is 0. The van der Waals surface area contributed by atoms with Crippen molar-refractivity contribution in [3.05, 3.63) is 63.8 Å². The molecule has 0 atom stereocenters. The topological polar surface area (TPSA) is 17.8 Å². The normalized spacial score (nSPS) is 11.5. The van der Waals surface area contributed by atoms with Gasteiger partial charge in [-0.3, -0.25) is 0 Å². The number of rotatable bonds is 2. The van der Waals surface area contributed by atoms with E-state index in [1.54, 1.807) is 20.7 Å². The van der Waals surface area contributed by atoms with E-state index >= 15 is 0 Å². The van der Waals surface area contributed by atoms with Crippen molar-refractivity contribution in [3.8, 4) is 0 Å². The van der Waals surface area contributed by atoms with Gasteiger partial charge in [0.05, 0.1) is 0 Å². The number of benzene rings is 2. The van der Waals surface area contributed by atoms with Crippen molar-refractivity contribution in [3.63, 3.8) is 0 Å². The summed E-state index contributed by atoms with van der Waals surface area (Å²) in [4.78, 5) is 0. The maximum absolute atomic E-state index is 13.6. The molecule has 3 rings (SSSR count). The Hall–Kier alpha value is -1.09. The zero-order chi connectivity index (χ0) is 15.0. The molecule has 0 bridgehead atoms. The fraction of sp³-hybridized carbons (Fsp3) is 0. The Morgan fingerprint density at radius 2 is 1.81 bits per heavy atom. The Morgan fingerprint density at radius 3 is 2.52 bits per heavy atom. The second-order valence-corrected chi connectivity index (χ2v) is 7.25. The monoisotopic (exact) mass is 538 g/mol. The summed E-state index contributed by atoms with van der Waals surface area (Å²) in [6, 6.07) is 9.45. The van der Waals surface area contributed by atoms with E-state index < -0.39 is 0 Å². The Balaban J connectivity index is 2.04. The van der Waals surface area contributed by atoms with Crippen LogP contribution in [-0.4, -0.2) is 33.7 Å². The molecule has 0 saturated carbocycles. The molecule has 0 fully saturated rings. The van der Waals surface area contributed by atoms with Crippen LogP contribution in [0.3, 0.4) is 0 Å². The van der Waals surface area contributed by atoms with Crippen molar-refractivity contribution in [2.75, 3.05) is 0 Å². The van der Waals surface area contributed by atoms with E-state index in [-0.39, 0.29) is 11.6 Å². The van der Waals surface area contributed by atoms with E-state index in [0.29, 0.717) is 30.5 Å². The van der Waals surface area contributed by atoms with Crippen molar-refractivity contribution in [2.24, 2.45) is 0 Å². The molecule has 0 saturated heterocycles. The van der Waals surface area contributed by atoms with Gasteiger partial charge in [0.2, 0.25) is 0 Å². The Labute approximate surface area is 144 Å². The number of halogens is 3. The summed E-state index contributed by atoms with van der Waals surface area (Å²) in [5, 5.41) is 5.34. The summed E-state index contributed by atoms with van der Waals surface area (Å²) >= 11 is 3.65. The number of hydrogen-bond acceptors (Lipinski definition) is 1. The molecule has 0 aliphatic carbocycles. The second-order valence-electron chi connectivity index (χ2n) is 4.50. The van der Waals surface area contributed by atoms with E-state index in [1.807, 2.05) is 12.2 Å². The molecule has 0 N–H and O–H groups in total. The molecule has 0 aliphatic rings. The summed E-state index contributed by atoms with van der Waals surface area (Å²) in [6.07, 6.45) is 3.72. The van der Waals surface area contributed by atoms with Gasteiger partial charge in [-0.1, -0.05) is 0 Å². The number of hydrogen-bond donors (Lipinski definition) is 0. The Bertz CT molecular complexity index is 841. The molecule has 21 heavy (non-hydrogen) atoms. The first-order valence-electron chi connectivity index (χ1n) is 6.11. The van der Waals surface area contributed by atoms with Crippen molar-refractivity contribution in [2.45, 2.75) is 0 Å². The molecule has 2 aromatic carbocycles. The third-order valence-electron chi connectivity index (χ3n) is 3.08. The molecule has 0 spiro atoms. The molecule has 2 nitrogen and oxygen atoms in total. The van der Waals surface area contributed by atoms with Crippen molar-refractivity contribution < 1.29 is 8.78 Å². The second kappa shape index (κ2) is 5.96. The van der Waals surface area contributed by atoms with Crippen LogP contribution in [0.5, 0.6) is 0 Å². The van der Waals surface area contributed by atoms with Crippen LogP contribution in [0.15, 0.2) is 40.9 Å². The SMILES string of the molecule is Fc1ccc(/C=C/c2n[n]([Tl])c3cc(F)c(Br)cc23)cc1. The van der Waals surface area contributed by atoms with E-state index in [4.69, 9.17) is 0 Å². The van der Waals surface area contributed by atoms with E-state index in [2.05, 4.69) is 21.0 Å². The summed E-state index contributed by atoms with van der Waals surface area (Å²) in [5.74, 6) is -0.555. The van der Waals surface area contributed by atoms with Crippen LogP contribution in [0.25, 0.3) is 23.1 Å². The van der Waals surface area contributed by atoms with Crippen LogP contribution in [0, 0.1) is 11.6 Å². The van der Waals surface area contributed by atoms with Gasteiger partial charge in [-0.05, 0) is 0 Å². The quantitative estimate of drug-likeness (QED) is 0.448. The summed E-state index contributed by atoms with van der Waals surface area (Å²) in [6.45, 7) is 0. The van der Waals surface area contributed by atoms with Crippen LogP contribution in [0.1, 0.15) is 11.3 Å². The number of fused-ring (bicyclic) bond motifs is 1. The van der Waals surface area contributed by atoms with Gasteiger partial charge < -0.3 is 0 Å². The van der Waals surface area contributed by atoms with Gasteiger partial charge in [-0.25, -0.2) is 0 Å². The molecule has 3 aromatic rings. The predicted octanol–water partition coefficient (Wildman–Crippen LogP) is 4.18. The number of nitrogens with zero attached hydrogens (tertiary/aromatic N) is 2. The fourth-order valence-corrected chi connectivity index (χ4v) is 3.68. The average Bonchev–Trinajstić information content (AvgIpc) is 2.75. The molecular weight excluding hydrogens is 530 g/mol. The van der Waals surface area contributed by atoms with Gasteiger partial charge in [0.1, 0.15) is 0 Å². The van der Waals surface area contributed by atoms with Crippen molar-refractivity contribution in [1.29, 1.82) is 0 Å². The van der Waals surface area contributed by atoms with Gasteiger partial charge >= 0.3 is 145 Å². The molecule has 102 valence electrons. The van der Waals surface area contributed by atoms with Crippen LogP contribution in [-0.2, 0) is 0 Å². The molecule has 0 unspecified atom stereocenters. The van der Waals surface area contributed by atoms with Gasteiger partial charge in [0.25, 0.3) is 0 Å². The van der Waals surface area contributed by atoms with Crippen molar-refractivity contribution >= 4 is 65.1 Å². The van der Waals surface area contributed by atoms with Gasteiger partial charge in [-0.2, -0.15) is 0 Å². The average molecular weight is 539 g/mol. The molecule has 1 heterocycles. The molecule has 0 amide bonds. The molecule has 0 radical (unpaired) electrons. The standard InChI is InChI=1S/C15H8BrF2N2.Tl/c16-12-7-11-14(19-20-15(11)8-13(12)18)6-3-9-1-4-10(17)5-2-9;/h1-8H;/q-1;+1/b6-3+;. The predicted molar refractivity (Wildman–Crippen MR) is 83.9 cm³/mol. The van der Waals surface area contributed by atoms with E-state index in [9.17, 15) is 8.78 Å². The van der Waals surface area contributed by atoms with Gasteiger partial charge in [0, 0.05) is 0 Å². The third kappa shape index (κ3) is 3.08. The maximum atomic E-state index is 13.6. The van der Waals surface area contributed by atoms with Crippen LogP contribution < -0.4 is 0 Å². The molecule has 1 aromatic heterocycles. The minimum absolute atomic E-state index is 0.262. The third-order valence-corrected chi connectivity index (χ3v) is 5.22. The first-order chi connectivity index (χ1) is 10.0. The molecule has 0 aliphatic heterocycles. The van der Waals surface area contributed by atoms with Crippen LogP contribution in [0.4, 0.5) is 8.78 Å². The van der Waals surface area contributed by atoms with Crippen molar-refractivity contribution in [1.82, 2.24) is 7.59 Å². The summed E-state index contributed by atoms with van der Waals surface area (Å²) in [5.41, 5.74) is 2.45. The minimum atomic E-state index is -0.293. The Kier molecular flexibility index (Phi) is 4.21. The molecular formula is C15H8BrF2N2Tl. The first-order valence-corrected chi connectivity index (χ1v) is 8.91. The van der Waals surface area contributed by atoms with Gasteiger partial charge in [0.15, 0.2) is 0 Å².